The Morgan fingerprint density at radius 3 is 1.91 bits per heavy atom. The molecule has 0 saturated carbocycles. The molecule has 0 amide bonds. The fourth-order valence-corrected chi connectivity index (χ4v) is 2.42. The van der Waals surface area contributed by atoms with Crippen molar-refractivity contribution in [3.8, 4) is 11.5 Å². The van der Waals surface area contributed by atoms with Gasteiger partial charge in [-0.1, -0.05) is 12.1 Å². The van der Waals surface area contributed by atoms with E-state index in [1.54, 1.807) is 0 Å². The number of ether oxygens (including phenoxy) is 2. The van der Waals surface area contributed by atoms with Crippen molar-refractivity contribution in [2.45, 2.75) is 17.9 Å². The molecule has 2 aromatic carbocycles. The number of rotatable bonds is 5. The van der Waals surface area contributed by atoms with Crippen LogP contribution >= 0.6 is 10.7 Å². The van der Waals surface area contributed by atoms with Crippen molar-refractivity contribution in [3.05, 3.63) is 54.1 Å². The average Bonchev–Trinajstić information content (AvgIpc) is 2.44. The maximum absolute atomic E-state index is 12.0. The first-order valence-electron chi connectivity index (χ1n) is 6.16. The Morgan fingerprint density at radius 2 is 1.43 bits per heavy atom. The van der Waals surface area contributed by atoms with E-state index in [2.05, 4.69) is 4.74 Å². The number of benzene rings is 2. The van der Waals surface area contributed by atoms with Gasteiger partial charge in [0.1, 0.15) is 18.1 Å². The van der Waals surface area contributed by atoms with Gasteiger partial charge < -0.3 is 9.47 Å². The summed E-state index contributed by atoms with van der Waals surface area (Å²) < 4.78 is 67.4. The lowest BCUT2D eigenvalue weighted by molar-refractivity contribution is -0.274. The van der Waals surface area contributed by atoms with Gasteiger partial charge in [0, 0.05) is 10.7 Å². The predicted octanol–water partition coefficient (Wildman–Crippen LogP) is 4.09. The minimum atomic E-state index is -4.73. The first-order valence-corrected chi connectivity index (χ1v) is 8.47. The van der Waals surface area contributed by atoms with Crippen molar-refractivity contribution in [1.82, 2.24) is 0 Å². The van der Waals surface area contributed by atoms with Gasteiger partial charge in [0.15, 0.2) is 0 Å². The molecule has 0 unspecified atom stereocenters. The molecule has 0 aliphatic heterocycles. The van der Waals surface area contributed by atoms with Crippen molar-refractivity contribution in [2.24, 2.45) is 0 Å². The zero-order valence-electron chi connectivity index (χ0n) is 11.4. The summed E-state index contributed by atoms with van der Waals surface area (Å²) in [6, 6.07) is 10.6. The molecule has 2 rings (SSSR count). The third kappa shape index (κ3) is 5.65. The van der Waals surface area contributed by atoms with Gasteiger partial charge in [-0.25, -0.2) is 8.42 Å². The van der Waals surface area contributed by atoms with Crippen molar-refractivity contribution < 1.29 is 31.1 Å². The Hall–Kier alpha value is -1.93. The molecule has 23 heavy (non-hydrogen) atoms. The van der Waals surface area contributed by atoms with Crippen LogP contribution in [0, 0.1) is 0 Å². The second-order valence-corrected chi connectivity index (χ2v) is 6.96. The topological polar surface area (TPSA) is 52.6 Å². The van der Waals surface area contributed by atoms with Crippen LogP contribution in [0.5, 0.6) is 11.5 Å². The molecule has 0 aliphatic rings. The molecule has 0 aliphatic carbocycles. The Balaban J connectivity index is 1.96. The van der Waals surface area contributed by atoms with Crippen LogP contribution in [0.15, 0.2) is 53.4 Å². The quantitative estimate of drug-likeness (QED) is 0.748. The Bertz CT molecular complexity index is 756. The highest BCUT2D eigenvalue weighted by atomic mass is 35.7. The van der Waals surface area contributed by atoms with Gasteiger partial charge in [-0.15, -0.1) is 13.2 Å². The van der Waals surface area contributed by atoms with E-state index in [1.807, 2.05) is 0 Å². The van der Waals surface area contributed by atoms with Gasteiger partial charge in [-0.3, -0.25) is 0 Å². The van der Waals surface area contributed by atoms with E-state index in [0.29, 0.717) is 11.3 Å². The van der Waals surface area contributed by atoms with Crippen molar-refractivity contribution in [2.75, 3.05) is 0 Å². The molecule has 0 spiro atoms. The summed E-state index contributed by atoms with van der Waals surface area (Å²) in [7, 11) is 1.39. The van der Waals surface area contributed by atoms with Crippen LogP contribution in [0.3, 0.4) is 0 Å². The smallest absolute Gasteiger partial charge is 0.489 e. The predicted molar refractivity (Wildman–Crippen MR) is 76.9 cm³/mol. The molecule has 0 atom stereocenters. The Kier molecular flexibility index (Phi) is 5.06. The molecule has 0 saturated heterocycles. The van der Waals surface area contributed by atoms with Crippen LogP contribution < -0.4 is 9.47 Å². The van der Waals surface area contributed by atoms with Gasteiger partial charge in [0.25, 0.3) is 9.05 Å². The largest absolute Gasteiger partial charge is 0.573 e. The van der Waals surface area contributed by atoms with Crippen LogP contribution in [-0.2, 0) is 15.7 Å². The molecule has 0 aromatic heterocycles. The molecule has 0 N–H and O–H groups in total. The number of halogens is 4. The highest BCUT2D eigenvalue weighted by Gasteiger charge is 2.30. The zero-order valence-corrected chi connectivity index (χ0v) is 13.0. The van der Waals surface area contributed by atoms with E-state index in [9.17, 15) is 21.6 Å². The summed E-state index contributed by atoms with van der Waals surface area (Å²) in [6.45, 7) is 0.0965. The SMILES string of the molecule is O=S(=O)(Cl)c1ccc(OCc2ccc(OC(F)(F)F)cc2)cc1. The van der Waals surface area contributed by atoms with Crippen LogP contribution in [0.25, 0.3) is 0 Å². The highest BCUT2D eigenvalue weighted by Crippen LogP contribution is 2.23. The summed E-state index contributed by atoms with van der Waals surface area (Å²) >= 11 is 0. The fraction of sp³-hybridized carbons (Fsp3) is 0.143. The van der Waals surface area contributed by atoms with E-state index in [-0.39, 0.29) is 17.3 Å². The summed E-state index contributed by atoms with van der Waals surface area (Å²) in [6.07, 6.45) is -4.73. The normalized spacial score (nSPS) is 12.0. The lowest BCUT2D eigenvalue weighted by Gasteiger charge is -2.10. The average molecular weight is 367 g/mol. The van der Waals surface area contributed by atoms with Crippen LogP contribution in [0.1, 0.15) is 5.56 Å². The van der Waals surface area contributed by atoms with Crippen LogP contribution in [0.4, 0.5) is 13.2 Å². The van der Waals surface area contributed by atoms with Crippen molar-refractivity contribution in [1.29, 1.82) is 0 Å². The Labute approximate surface area is 134 Å². The lowest BCUT2D eigenvalue weighted by Crippen LogP contribution is -2.17. The highest BCUT2D eigenvalue weighted by molar-refractivity contribution is 8.13. The molecule has 2 aromatic rings. The second-order valence-electron chi connectivity index (χ2n) is 4.39. The number of alkyl halides is 3. The first kappa shape index (κ1) is 17.4. The van der Waals surface area contributed by atoms with Crippen molar-refractivity contribution in [3.63, 3.8) is 0 Å². The monoisotopic (exact) mass is 366 g/mol. The summed E-state index contributed by atoms with van der Waals surface area (Å²) in [5.41, 5.74) is 0.619. The lowest BCUT2D eigenvalue weighted by atomic mass is 10.2. The molecular weight excluding hydrogens is 357 g/mol. The minimum absolute atomic E-state index is 0.0554. The third-order valence-electron chi connectivity index (χ3n) is 2.67. The van der Waals surface area contributed by atoms with E-state index >= 15 is 0 Å². The molecule has 0 fully saturated rings. The van der Waals surface area contributed by atoms with Gasteiger partial charge in [0.05, 0.1) is 4.90 Å². The molecular formula is C14H10ClF3O4S. The van der Waals surface area contributed by atoms with Gasteiger partial charge >= 0.3 is 6.36 Å². The van der Waals surface area contributed by atoms with E-state index < -0.39 is 15.4 Å². The van der Waals surface area contributed by atoms with Crippen molar-refractivity contribution >= 4 is 19.7 Å². The zero-order chi connectivity index (χ0) is 17.1. The van der Waals surface area contributed by atoms with E-state index in [4.69, 9.17) is 15.4 Å². The molecule has 9 heteroatoms. The summed E-state index contributed by atoms with van der Waals surface area (Å²) in [5, 5.41) is 0. The summed E-state index contributed by atoms with van der Waals surface area (Å²) in [4.78, 5) is -0.0554. The fourth-order valence-electron chi connectivity index (χ4n) is 1.65. The van der Waals surface area contributed by atoms with Crippen LogP contribution in [0.2, 0.25) is 0 Å². The van der Waals surface area contributed by atoms with Gasteiger partial charge in [-0.05, 0) is 42.0 Å². The van der Waals surface area contributed by atoms with Crippen LogP contribution in [-0.4, -0.2) is 14.8 Å². The minimum Gasteiger partial charge on any atom is -0.489 e. The Morgan fingerprint density at radius 1 is 0.913 bits per heavy atom. The molecule has 0 heterocycles. The van der Waals surface area contributed by atoms with E-state index in [1.165, 1.54) is 48.5 Å². The molecule has 0 radical (unpaired) electrons. The van der Waals surface area contributed by atoms with Gasteiger partial charge in [-0.2, -0.15) is 0 Å². The maximum atomic E-state index is 12.0. The first-order chi connectivity index (χ1) is 10.6. The molecule has 0 bridgehead atoms. The summed E-state index contributed by atoms with van der Waals surface area (Å²) in [5.74, 6) is 0.0719. The van der Waals surface area contributed by atoms with E-state index in [0.717, 1.165) is 0 Å². The number of hydrogen-bond acceptors (Lipinski definition) is 4. The molecule has 4 nitrogen and oxygen atoms in total. The standard InChI is InChI=1S/C14H10ClF3O4S/c15-23(19,20)13-7-5-11(6-8-13)21-9-10-1-3-12(4-2-10)22-14(16,17)18/h1-8H,9H2. The van der Waals surface area contributed by atoms with Gasteiger partial charge in [0.2, 0.25) is 0 Å². The third-order valence-corrected chi connectivity index (χ3v) is 4.04. The number of hydrogen-bond donors (Lipinski definition) is 0. The molecule has 124 valence electrons. The maximum Gasteiger partial charge on any atom is 0.573 e. The second kappa shape index (κ2) is 6.67.